The molecule has 2 bridgehead atoms. The van der Waals surface area contributed by atoms with E-state index in [9.17, 15) is 4.79 Å². The molecule has 0 N–H and O–H groups in total. The van der Waals surface area contributed by atoms with Crippen molar-refractivity contribution in [2.75, 3.05) is 0 Å². The molecule has 4 aliphatic rings. The van der Waals surface area contributed by atoms with E-state index in [2.05, 4.69) is 26.5 Å². The van der Waals surface area contributed by atoms with Crippen molar-refractivity contribution < 1.29 is 14.3 Å². The molecule has 0 radical (unpaired) electrons. The molecule has 24 heavy (non-hydrogen) atoms. The van der Waals surface area contributed by atoms with Crippen molar-refractivity contribution in [3.8, 4) is 0 Å². The molecule has 6 unspecified atom stereocenters. The van der Waals surface area contributed by atoms with Crippen LogP contribution in [0.25, 0.3) is 0 Å². The lowest BCUT2D eigenvalue weighted by Crippen LogP contribution is -2.32. The lowest BCUT2D eigenvalue weighted by molar-refractivity contribution is -0.140. The van der Waals surface area contributed by atoms with Gasteiger partial charge in [-0.3, -0.25) is 0 Å². The molecule has 3 heteroatoms. The third-order valence-corrected chi connectivity index (χ3v) is 6.80. The zero-order valence-electron chi connectivity index (χ0n) is 15.1. The van der Waals surface area contributed by atoms with Crippen molar-refractivity contribution in [2.45, 2.75) is 83.0 Å². The van der Waals surface area contributed by atoms with Crippen molar-refractivity contribution >= 4 is 5.97 Å². The highest BCUT2D eigenvalue weighted by Crippen LogP contribution is 2.51. The Morgan fingerprint density at radius 2 is 2.12 bits per heavy atom. The zero-order chi connectivity index (χ0) is 16.9. The second-order valence-corrected chi connectivity index (χ2v) is 8.71. The van der Waals surface area contributed by atoms with Crippen LogP contribution >= 0.6 is 0 Å². The smallest absolute Gasteiger partial charge is 0.334 e. The van der Waals surface area contributed by atoms with Crippen LogP contribution in [0, 0.1) is 17.8 Å². The molecule has 0 aromatic rings. The summed E-state index contributed by atoms with van der Waals surface area (Å²) in [5.41, 5.74) is 2.18. The Bertz CT molecular complexity index is 578. The predicted molar refractivity (Wildman–Crippen MR) is 93.5 cm³/mol. The van der Waals surface area contributed by atoms with Gasteiger partial charge in [-0.25, -0.2) is 4.79 Å². The van der Waals surface area contributed by atoms with E-state index in [4.69, 9.17) is 9.47 Å². The maximum atomic E-state index is 12.2. The van der Waals surface area contributed by atoms with Crippen molar-refractivity contribution in [3.05, 3.63) is 23.8 Å². The van der Waals surface area contributed by atoms with Crippen LogP contribution in [0.3, 0.4) is 0 Å². The molecule has 2 saturated heterocycles. The molecule has 3 nitrogen and oxygen atoms in total. The molecule has 0 amide bonds. The first-order valence-corrected chi connectivity index (χ1v) is 9.73. The van der Waals surface area contributed by atoms with Crippen molar-refractivity contribution in [2.24, 2.45) is 17.8 Å². The predicted octanol–water partition coefficient (Wildman–Crippen LogP) is 4.57. The zero-order valence-corrected chi connectivity index (χ0v) is 15.1. The van der Waals surface area contributed by atoms with Gasteiger partial charge in [0.2, 0.25) is 0 Å². The molecule has 2 aliphatic heterocycles. The van der Waals surface area contributed by atoms with Crippen molar-refractivity contribution in [3.63, 3.8) is 0 Å². The van der Waals surface area contributed by atoms with Crippen LogP contribution in [-0.4, -0.2) is 23.8 Å². The number of carbonyl (C=O) groups is 1. The number of hydrogen-bond acceptors (Lipinski definition) is 3. The van der Waals surface area contributed by atoms with Gasteiger partial charge in [-0.1, -0.05) is 38.0 Å². The Morgan fingerprint density at radius 3 is 2.96 bits per heavy atom. The summed E-state index contributed by atoms with van der Waals surface area (Å²) in [6, 6.07) is 0. The first-order chi connectivity index (χ1) is 11.5. The Morgan fingerprint density at radius 1 is 1.29 bits per heavy atom. The highest BCUT2D eigenvalue weighted by molar-refractivity contribution is 5.91. The van der Waals surface area contributed by atoms with Gasteiger partial charge in [0.1, 0.15) is 12.2 Å². The molecular formula is C21H30O3. The number of epoxide rings is 1. The summed E-state index contributed by atoms with van der Waals surface area (Å²) in [7, 11) is 0. The third kappa shape index (κ3) is 2.85. The topological polar surface area (TPSA) is 38.8 Å². The van der Waals surface area contributed by atoms with Gasteiger partial charge >= 0.3 is 5.97 Å². The number of hydrogen-bond donors (Lipinski definition) is 0. The lowest BCUT2D eigenvalue weighted by Gasteiger charge is -2.26. The van der Waals surface area contributed by atoms with Gasteiger partial charge < -0.3 is 9.47 Å². The third-order valence-electron chi connectivity index (χ3n) is 6.80. The van der Waals surface area contributed by atoms with E-state index in [1.54, 1.807) is 5.57 Å². The van der Waals surface area contributed by atoms with Crippen LogP contribution in [0.2, 0.25) is 0 Å². The fourth-order valence-corrected chi connectivity index (χ4v) is 5.28. The van der Waals surface area contributed by atoms with Gasteiger partial charge in [0.05, 0.1) is 5.60 Å². The first kappa shape index (κ1) is 16.4. The van der Waals surface area contributed by atoms with Gasteiger partial charge in [0.15, 0.2) is 0 Å². The first-order valence-electron chi connectivity index (χ1n) is 9.73. The van der Waals surface area contributed by atoms with Crippen molar-refractivity contribution in [1.29, 1.82) is 0 Å². The van der Waals surface area contributed by atoms with E-state index < -0.39 is 0 Å². The Kier molecular flexibility index (Phi) is 4.11. The van der Waals surface area contributed by atoms with Crippen LogP contribution < -0.4 is 0 Å². The summed E-state index contributed by atoms with van der Waals surface area (Å²) in [6.45, 7) is 8.67. The monoisotopic (exact) mass is 330 g/mol. The van der Waals surface area contributed by atoms with Gasteiger partial charge in [-0.05, 0) is 57.3 Å². The molecule has 2 heterocycles. The van der Waals surface area contributed by atoms with Gasteiger partial charge in [0, 0.05) is 11.5 Å². The van der Waals surface area contributed by atoms with E-state index in [1.807, 2.05) is 0 Å². The van der Waals surface area contributed by atoms with E-state index in [0.717, 1.165) is 25.2 Å². The minimum atomic E-state index is -0.191. The summed E-state index contributed by atoms with van der Waals surface area (Å²) in [6.07, 6.45) is 11.8. The molecule has 132 valence electrons. The molecule has 4 rings (SSSR count). The normalized spacial score (nSPS) is 45.8. The van der Waals surface area contributed by atoms with E-state index >= 15 is 0 Å². The minimum absolute atomic E-state index is 0.0602. The van der Waals surface area contributed by atoms with Gasteiger partial charge in [-0.2, -0.15) is 0 Å². The molecule has 1 saturated carbocycles. The highest BCUT2D eigenvalue weighted by atomic mass is 16.6. The number of allylic oxidation sites excluding steroid dienone is 2. The maximum Gasteiger partial charge on any atom is 0.334 e. The van der Waals surface area contributed by atoms with Crippen LogP contribution in [0.5, 0.6) is 0 Å². The van der Waals surface area contributed by atoms with E-state index in [1.165, 1.54) is 32.1 Å². The van der Waals surface area contributed by atoms with Gasteiger partial charge in [-0.15, -0.1) is 0 Å². The second-order valence-electron chi connectivity index (χ2n) is 8.71. The maximum absolute atomic E-state index is 12.2. The highest BCUT2D eigenvalue weighted by Gasteiger charge is 2.62. The second kappa shape index (κ2) is 6.01. The average Bonchev–Trinajstić information content (AvgIpc) is 3.08. The van der Waals surface area contributed by atoms with Crippen molar-refractivity contribution in [1.82, 2.24) is 0 Å². The van der Waals surface area contributed by atoms with Crippen LogP contribution in [0.4, 0.5) is 0 Å². The summed E-state index contributed by atoms with van der Waals surface area (Å²) < 4.78 is 11.8. The molecule has 2 aliphatic carbocycles. The summed E-state index contributed by atoms with van der Waals surface area (Å²) >= 11 is 0. The Hall–Kier alpha value is -1.09. The summed E-state index contributed by atoms with van der Waals surface area (Å²) in [4.78, 5) is 12.2. The van der Waals surface area contributed by atoms with E-state index in [-0.39, 0.29) is 29.7 Å². The lowest BCUT2D eigenvalue weighted by atomic mass is 9.76. The SMILES string of the molecule is C=C1C(=O)OC2C1C1CCCC(C)CC(=CCCC3(C)OC23)CC1. The number of esters is 1. The summed E-state index contributed by atoms with van der Waals surface area (Å²) in [5.74, 6) is 1.22. The number of rotatable bonds is 0. The summed E-state index contributed by atoms with van der Waals surface area (Å²) in [5, 5.41) is 0. The van der Waals surface area contributed by atoms with Crippen LogP contribution in [0.1, 0.15) is 65.2 Å². The molecule has 3 fully saturated rings. The molecule has 0 aromatic carbocycles. The van der Waals surface area contributed by atoms with Gasteiger partial charge in [0.25, 0.3) is 0 Å². The standard InChI is InChI=1S/C21H30O3/c1-13-6-4-8-16-10-9-15(12-13)7-5-11-21(3)19(24-21)18-17(16)14(2)20(22)23-18/h7,13,16-19H,2,4-6,8-12H2,1,3H3. The molecule has 0 spiro atoms. The molecule has 0 aromatic heterocycles. The number of carbonyl (C=O) groups excluding carboxylic acids is 1. The molecular weight excluding hydrogens is 300 g/mol. The Balaban J connectivity index is 1.68. The number of fused-ring (bicyclic) bond motifs is 7. The largest absolute Gasteiger partial charge is 0.455 e. The average molecular weight is 330 g/mol. The van der Waals surface area contributed by atoms with Crippen LogP contribution in [0.15, 0.2) is 23.8 Å². The quantitative estimate of drug-likeness (QED) is 0.283. The molecule has 6 atom stereocenters. The van der Waals surface area contributed by atoms with Crippen LogP contribution in [-0.2, 0) is 14.3 Å². The minimum Gasteiger partial charge on any atom is -0.455 e. The van der Waals surface area contributed by atoms with E-state index in [0.29, 0.717) is 11.5 Å². The number of ether oxygens (including phenoxy) is 2. The Labute approximate surface area is 145 Å². The fourth-order valence-electron chi connectivity index (χ4n) is 5.28. The fraction of sp³-hybridized carbons (Fsp3) is 0.762.